The molecule has 0 spiro atoms. The van der Waals surface area contributed by atoms with Gasteiger partial charge in [0.2, 0.25) is 0 Å². The van der Waals surface area contributed by atoms with Gasteiger partial charge in [0.25, 0.3) is 0 Å². The first-order valence-electron chi connectivity index (χ1n) is 3.07. The summed E-state index contributed by atoms with van der Waals surface area (Å²) in [6, 6.07) is 2.14. The summed E-state index contributed by atoms with van der Waals surface area (Å²) in [5, 5.41) is 8.43. The zero-order chi connectivity index (χ0) is 6.69. The van der Waals surface area contributed by atoms with E-state index in [4.69, 9.17) is 5.26 Å². The van der Waals surface area contributed by atoms with Crippen LogP contribution in [0.25, 0.3) is 0 Å². The Labute approximate surface area is 55.3 Å². The molecule has 0 aliphatic heterocycles. The molecule has 0 fully saturated rings. The van der Waals surface area contributed by atoms with E-state index in [0.29, 0.717) is 0 Å². The van der Waals surface area contributed by atoms with E-state index in [1.165, 1.54) is 5.57 Å². The highest BCUT2D eigenvalue weighted by Gasteiger charge is 1.98. The molecular weight excluding hydrogens is 110 g/mol. The number of rotatable bonds is 0. The van der Waals surface area contributed by atoms with Crippen molar-refractivity contribution in [3.05, 3.63) is 23.3 Å². The van der Waals surface area contributed by atoms with Crippen molar-refractivity contribution in [2.24, 2.45) is 0 Å². The quantitative estimate of drug-likeness (QED) is 0.448. The molecule has 0 heterocycles. The molecule has 0 atom stereocenters. The maximum absolute atomic E-state index is 8.43. The summed E-state index contributed by atoms with van der Waals surface area (Å²) in [6.07, 6.45) is 5.90. The van der Waals surface area contributed by atoms with Crippen molar-refractivity contribution in [3.8, 4) is 6.07 Å². The SMILES string of the molecule is CC1=CCC(C#N)=CC1. The number of nitriles is 1. The molecule has 0 radical (unpaired) electrons. The Morgan fingerprint density at radius 3 is 2.67 bits per heavy atom. The summed E-state index contributed by atoms with van der Waals surface area (Å²) in [7, 11) is 0. The smallest absolute Gasteiger partial charge is 0.0947 e. The van der Waals surface area contributed by atoms with Crippen LogP contribution in [0, 0.1) is 11.3 Å². The van der Waals surface area contributed by atoms with Crippen LogP contribution in [-0.4, -0.2) is 0 Å². The molecule has 0 aromatic heterocycles. The fourth-order valence-electron chi connectivity index (χ4n) is 0.826. The molecule has 0 amide bonds. The fourth-order valence-corrected chi connectivity index (χ4v) is 0.826. The van der Waals surface area contributed by atoms with E-state index in [2.05, 4.69) is 19.1 Å². The topological polar surface area (TPSA) is 23.8 Å². The molecule has 0 saturated heterocycles. The summed E-state index contributed by atoms with van der Waals surface area (Å²) >= 11 is 0. The van der Waals surface area contributed by atoms with Gasteiger partial charge >= 0.3 is 0 Å². The lowest BCUT2D eigenvalue weighted by Gasteiger charge is -2.02. The zero-order valence-corrected chi connectivity index (χ0v) is 5.52. The number of allylic oxidation sites excluding steroid dienone is 4. The van der Waals surface area contributed by atoms with E-state index in [0.717, 1.165) is 18.4 Å². The molecule has 0 aromatic carbocycles. The maximum Gasteiger partial charge on any atom is 0.0947 e. The van der Waals surface area contributed by atoms with Crippen LogP contribution >= 0.6 is 0 Å². The minimum absolute atomic E-state index is 0.836. The molecule has 0 bridgehead atoms. The number of hydrogen-bond acceptors (Lipinski definition) is 1. The van der Waals surface area contributed by atoms with E-state index in [1.807, 2.05) is 6.08 Å². The highest BCUT2D eigenvalue weighted by Crippen LogP contribution is 2.15. The Bertz CT molecular complexity index is 203. The Kier molecular flexibility index (Phi) is 1.69. The van der Waals surface area contributed by atoms with Gasteiger partial charge in [-0.2, -0.15) is 5.26 Å². The van der Waals surface area contributed by atoms with Gasteiger partial charge in [-0.15, -0.1) is 0 Å². The highest BCUT2D eigenvalue weighted by atomic mass is 14.2. The lowest BCUT2D eigenvalue weighted by Crippen LogP contribution is -1.86. The largest absolute Gasteiger partial charge is 0.193 e. The summed E-state index contributed by atoms with van der Waals surface area (Å²) in [6.45, 7) is 2.09. The van der Waals surface area contributed by atoms with E-state index in [9.17, 15) is 0 Å². The molecule has 1 aliphatic rings. The van der Waals surface area contributed by atoms with Gasteiger partial charge in [-0.1, -0.05) is 17.7 Å². The maximum atomic E-state index is 8.43. The van der Waals surface area contributed by atoms with Crippen molar-refractivity contribution >= 4 is 0 Å². The summed E-state index contributed by atoms with van der Waals surface area (Å²) in [4.78, 5) is 0. The van der Waals surface area contributed by atoms with Gasteiger partial charge in [-0.3, -0.25) is 0 Å². The predicted octanol–water partition coefficient (Wildman–Crippen LogP) is 2.18. The molecule has 1 nitrogen and oxygen atoms in total. The monoisotopic (exact) mass is 119 g/mol. The molecule has 1 heteroatoms. The third kappa shape index (κ3) is 1.43. The van der Waals surface area contributed by atoms with Gasteiger partial charge in [0, 0.05) is 12.0 Å². The molecule has 46 valence electrons. The molecule has 0 unspecified atom stereocenters. The summed E-state index contributed by atoms with van der Waals surface area (Å²) < 4.78 is 0. The van der Waals surface area contributed by atoms with Gasteiger partial charge in [0.1, 0.15) is 0 Å². The first-order chi connectivity index (χ1) is 4.33. The third-order valence-corrected chi connectivity index (χ3v) is 1.48. The standard InChI is InChI=1S/C8H9N/c1-7-2-4-8(6-9)5-3-7/h2,5H,3-4H2,1H3. The van der Waals surface area contributed by atoms with E-state index >= 15 is 0 Å². The van der Waals surface area contributed by atoms with Crippen LogP contribution in [0.3, 0.4) is 0 Å². The Morgan fingerprint density at radius 2 is 2.22 bits per heavy atom. The lowest BCUT2D eigenvalue weighted by molar-refractivity contribution is 1.08. The van der Waals surface area contributed by atoms with E-state index in [-0.39, 0.29) is 0 Å². The van der Waals surface area contributed by atoms with Crippen LogP contribution in [0.15, 0.2) is 23.3 Å². The third-order valence-electron chi connectivity index (χ3n) is 1.48. The van der Waals surface area contributed by atoms with Crippen LogP contribution in [0.2, 0.25) is 0 Å². The molecule has 0 N–H and O–H groups in total. The Morgan fingerprint density at radius 1 is 1.44 bits per heavy atom. The second-order valence-electron chi connectivity index (χ2n) is 2.30. The Hall–Kier alpha value is -1.03. The molecular formula is C8H9N. The van der Waals surface area contributed by atoms with Crippen LogP contribution in [0.4, 0.5) is 0 Å². The van der Waals surface area contributed by atoms with Gasteiger partial charge < -0.3 is 0 Å². The van der Waals surface area contributed by atoms with Gasteiger partial charge in [-0.05, 0) is 13.3 Å². The lowest BCUT2D eigenvalue weighted by atomic mass is 10.0. The molecule has 1 rings (SSSR count). The number of hydrogen-bond donors (Lipinski definition) is 0. The fraction of sp³-hybridized carbons (Fsp3) is 0.375. The van der Waals surface area contributed by atoms with Crippen molar-refractivity contribution < 1.29 is 0 Å². The van der Waals surface area contributed by atoms with Crippen LogP contribution in [0.1, 0.15) is 19.8 Å². The summed E-state index contributed by atoms with van der Waals surface area (Å²) in [5.41, 5.74) is 2.27. The van der Waals surface area contributed by atoms with Crippen LogP contribution in [0.5, 0.6) is 0 Å². The van der Waals surface area contributed by atoms with Crippen LogP contribution < -0.4 is 0 Å². The van der Waals surface area contributed by atoms with Crippen molar-refractivity contribution in [1.29, 1.82) is 5.26 Å². The average Bonchev–Trinajstić information content (AvgIpc) is 1.90. The molecule has 9 heavy (non-hydrogen) atoms. The zero-order valence-electron chi connectivity index (χ0n) is 5.52. The van der Waals surface area contributed by atoms with Gasteiger partial charge in [0.05, 0.1) is 6.07 Å². The molecule has 1 aliphatic carbocycles. The van der Waals surface area contributed by atoms with Crippen molar-refractivity contribution in [2.75, 3.05) is 0 Å². The second-order valence-corrected chi connectivity index (χ2v) is 2.30. The normalized spacial score (nSPS) is 17.8. The summed E-state index contributed by atoms with van der Waals surface area (Å²) in [5.74, 6) is 0. The minimum Gasteiger partial charge on any atom is -0.193 e. The average molecular weight is 119 g/mol. The minimum atomic E-state index is 0.836. The van der Waals surface area contributed by atoms with Crippen LogP contribution in [-0.2, 0) is 0 Å². The number of nitrogens with zero attached hydrogens (tertiary/aromatic N) is 1. The van der Waals surface area contributed by atoms with Crippen molar-refractivity contribution in [3.63, 3.8) is 0 Å². The van der Waals surface area contributed by atoms with E-state index in [1.54, 1.807) is 0 Å². The first kappa shape index (κ1) is 6.10. The van der Waals surface area contributed by atoms with E-state index < -0.39 is 0 Å². The van der Waals surface area contributed by atoms with Crippen molar-refractivity contribution in [2.45, 2.75) is 19.8 Å². The molecule has 0 aromatic rings. The Balaban J connectivity index is 2.61. The van der Waals surface area contributed by atoms with Gasteiger partial charge in [-0.25, -0.2) is 0 Å². The highest BCUT2D eigenvalue weighted by molar-refractivity contribution is 5.29. The van der Waals surface area contributed by atoms with Gasteiger partial charge in [0.15, 0.2) is 0 Å². The predicted molar refractivity (Wildman–Crippen MR) is 36.7 cm³/mol. The molecule has 0 saturated carbocycles. The second kappa shape index (κ2) is 2.50. The first-order valence-corrected chi connectivity index (χ1v) is 3.07. The van der Waals surface area contributed by atoms with Crippen molar-refractivity contribution in [1.82, 2.24) is 0 Å².